The van der Waals surface area contributed by atoms with Gasteiger partial charge in [-0.3, -0.25) is 19.7 Å². The molecule has 0 fully saturated rings. The Bertz CT molecular complexity index is 832. The van der Waals surface area contributed by atoms with Crippen LogP contribution >= 0.6 is 0 Å². The number of ketones is 1. The van der Waals surface area contributed by atoms with E-state index in [1.807, 2.05) is 0 Å². The molecule has 0 aliphatic rings. The minimum atomic E-state index is -0.846. The van der Waals surface area contributed by atoms with Gasteiger partial charge in [-0.25, -0.2) is 0 Å². The lowest BCUT2D eigenvalue weighted by Gasteiger charge is -2.16. The number of carbonyl (C=O) groups excluding carboxylic acids is 2. The zero-order valence-electron chi connectivity index (χ0n) is 14.1. The molecule has 25 heavy (non-hydrogen) atoms. The molecule has 0 saturated heterocycles. The van der Waals surface area contributed by atoms with Gasteiger partial charge in [0.15, 0.2) is 11.9 Å². The number of Topliss-reactive ketones (excluding diaryl/α,β-unsaturated/α-hetero) is 1. The summed E-state index contributed by atoms with van der Waals surface area (Å²) in [5.74, 6) is -0.231. The van der Waals surface area contributed by atoms with Crippen molar-refractivity contribution in [3.63, 3.8) is 0 Å². The van der Waals surface area contributed by atoms with Crippen LogP contribution in [0.2, 0.25) is 0 Å². The average molecular weight is 342 g/mol. The van der Waals surface area contributed by atoms with Crippen LogP contribution in [0.3, 0.4) is 0 Å². The predicted molar refractivity (Wildman–Crippen MR) is 93.0 cm³/mol. The quantitative estimate of drug-likeness (QED) is 0.492. The van der Waals surface area contributed by atoms with Crippen LogP contribution in [-0.4, -0.2) is 22.7 Å². The minimum Gasteiger partial charge on any atom is -0.481 e. The van der Waals surface area contributed by atoms with Crippen molar-refractivity contribution in [2.75, 3.05) is 5.32 Å². The number of benzene rings is 2. The third-order valence-electron chi connectivity index (χ3n) is 3.61. The first-order valence-electron chi connectivity index (χ1n) is 7.62. The van der Waals surface area contributed by atoms with Crippen LogP contribution in [0.5, 0.6) is 5.75 Å². The summed E-state index contributed by atoms with van der Waals surface area (Å²) in [7, 11) is 0. The largest absolute Gasteiger partial charge is 0.481 e. The predicted octanol–water partition coefficient (Wildman–Crippen LogP) is 3.51. The number of hydrogen-bond donors (Lipinski definition) is 1. The van der Waals surface area contributed by atoms with Crippen molar-refractivity contribution in [1.29, 1.82) is 0 Å². The van der Waals surface area contributed by atoms with Gasteiger partial charge >= 0.3 is 0 Å². The van der Waals surface area contributed by atoms with E-state index in [-0.39, 0.29) is 11.5 Å². The molecule has 0 aromatic heterocycles. The number of nitrogens with one attached hydrogen (secondary N) is 1. The smallest absolute Gasteiger partial charge is 0.272 e. The van der Waals surface area contributed by atoms with E-state index in [0.717, 1.165) is 0 Å². The van der Waals surface area contributed by atoms with Crippen molar-refractivity contribution in [2.45, 2.75) is 26.9 Å². The summed E-state index contributed by atoms with van der Waals surface area (Å²) in [6.07, 6.45) is -0.846. The first kappa shape index (κ1) is 18.1. The molecule has 1 N–H and O–H groups in total. The first-order chi connectivity index (χ1) is 11.8. The first-order valence-corrected chi connectivity index (χ1v) is 7.62. The van der Waals surface area contributed by atoms with E-state index < -0.39 is 16.9 Å². The summed E-state index contributed by atoms with van der Waals surface area (Å²) in [5, 5.41) is 13.5. The van der Waals surface area contributed by atoms with Gasteiger partial charge in [-0.15, -0.1) is 0 Å². The zero-order valence-corrected chi connectivity index (χ0v) is 14.1. The van der Waals surface area contributed by atoms with Crippen molar-refractivity contribution in [3.8, 4) is 5.75 Å². The molecule has 130 valence electrons. The lowest BCUT2D eigenvalue weighted by molar-refractivity contribution is -0.385. The Balaban J connectivity index is 2.10. The van der Waals surface area contributed by atoms with Crippen molar-refractivity contribution in [1.82, 2.24) is 0 Å². The number of nitrogens with zero attached hydrogens (tertiary/aromatic N) is 1. The molecule has 2 aromatic rings. The molecule has 2 aromatic carbocycles. The van der Waals surface area contributed by atoms with Crippen LogP contribution in [-0.2, 0) is 4.79 Å². The normalized spacial score (nSPS) is 11.5. The molecule has 7 nitrogen and oxygen atoms in total. The molecule has 2 rings (SSSR count). The maximum Gasteiger partial charge on any atom is 0.272 e. The molecule has 0 radical (unpaired) electrons. The molecule has 1 atom stereocenters. The summed E-state index contributed by atoms with van der Waals surface area (Å²) in [5.41, 5.74) is 1.25. The van der Waals surface area contributed by atoms with Gasteiger partial charge in [0, 0.05) is 17.2 Å². The third-order valence-corrected chi connectivity index (χ3v) is 3.61. The van der Waals surface area contributed by atoms with E-state index in [1.54, 1.807) is 38.1 Å². The van der Waals surface area contributed by atoms with Crippen LogP contribution in [0.1, 0.15) is 29.8 Å². The lowest BCUT2D eigenvalue weighted by Crippen LogP contribution is -2.30. The van der Waals surface area contributed by atoms with Gasteiger partial charge in [0.25, 0.3) is 11.6 Å². The number of aryl methyl sites for hydroxylation is 1. The molecule has 7 heteroatoms. The maximum absolute atomic E-state index is 12.3. The second-order valence-electron chi connectivity index (χ2n) is 5.56. The molecule has 0 aliphatic carbocycles. The fraction of sp³-hybridized carbons (Fsp3) is 0.222. The highest BCUT2D eigenvalue weighted by Crippen LogP contribution is 2.24. The van der Waals surface area contributed by atoms with Gasteiger partial charge in [0.05, 0.1) is 10.6 Å². The number of para-hydroxylation sites is 1. The highest BCUT2D eigenvalue weighted by atomic mass is 16.6. The van der Waals surface area contributed by atoms with Crippen LogP contribution in [0.4, 0.5) is 11.4 Å². The third kappa shape index (κ3) is 4.41. The molecule has 0 bridgehead atoms. The topological polar surface area (TPSA) is 98.5 Å². The monoisotopic (exact) mass is 342 g/mol. The summed E-state index contributed by atoms with van der Waals surface area (Å²) >= 11 is 0. The van der Waals surface area contributed by atoms with Crippen molar-refractivity contribution in [3.05, 3.63) is 63.7 Å². The van der Waals surface area contributed by atoms with E-state index in [0.29, 0.717) is 22.6 Å². The summed E-state index contributed by atoms with van der Waals surface area (Å²) < 4.78 is 5.54. The second kappa shape index (κ2) is 7.57. The maximum atomic E-state index is 12.3. The van der Waals surface area contributed by atoms with Crippen molar-refractivity contribution in [2.24, 2.45) is 0 Å². The highest BCUT2D eigenvalue weighted by Gasteiger charge is 2.18. The van der Waals surface area contributed by atoms with E-state index in [2.05, 4.69) is 5.32 Å². The molecule has 1 amide bonds. The van der Waals surface area contributed by atoms with E-state index >= 15 is 0 Å². The van der Waals surface area contributed by atoms with Gasteiger partial charge in [-0.1, -0.05) is 12.1 Å². The molecule has 0 aliphatic heterocycles. The number of hydrogen-bond acceptors (Lipinski definition) is 5. The fourth-order valence-corrected chi connectivity index (χ4v) is 2.30. The van der Waals surface area contributed by atoms with E-state index in [9.17, 15) is 19.7 Å². The lowest BCUT2D eigenvalue weighted by atomic mass is 10.1. The van der Waals surface area contributed by atoms with Gasteiger partial charge in [-0.05, 0) is 45.0 Å². The number of ether oxygens (including phenoxy) is 1. The van der Waals surface area contributed by atoms with Gasteiger partial charge in [0.2, 0.25) is 0 Å². The van der Waals surface area contributed by atoms with E-state index in [4.69, 9.17) is 4.74 Å². The Kier molecular flexibility index (Phi) is 5.49. The molecular formula is C18H18N2O5. The minimum absolute atomic E-state index is 0.0140. The van der Waals surface area contributed by atoms with Crippen LogP contribution in [0.25, 0.3) is 0 Å². The molecular weight excluding hydrogens is 324 g/mol. The Morgan fingerprint density at radius 3 is 2.48 bits per heavy atom. The number of nitro groups is 1. The molecule has 0 unspecified atom stereocenters. The van der Waals surface area contributed by atoms with Crippen LogP contribution in [0, 0.1) is 17.0 Å². The molecule has 0 heterocycles. The molecule has 0 saturated carbocycles. The highest BCUT2D eigenvalue weighted by molar-refractivity contribution is 6.04. The average Bonchev–Trinajstić information content (AvgIpc) is 2.54. The van der Waals surface area contributed by atoms with Crippen LogP contribution in [0.15, 0.2) is 42.5 Å². The van der Waals surface area contributed by atoms with Gasteiger partial charge < -0.3 is 10.1 Å². The summed E-state index contributed by atoms with van der Waals surface area (Å²) in [4.78, 5) is 34.2. The summed E-state index contributed by atoms with van der Waals surface area (Å²) in [6, 6.07) is 11.0. The Hall–Kier alpha value is -3.22. The van der Waals surface area contributed by atoms with Crippen molar-refractivity contribution < 1.29 is 19.2 Å². The number of amides is 1. The molecule has 0 spiro atoms. The van der Waals surface area contributed by atoms with Crippen molar-refractivity contribution >= 4 is 23.1 Å². The number of rotatable bonds is 6. The second-order valence-corrected chi connectivity index (χ2v) is 5.56. The zero-order chi connectivity index (χ0) is 18.6. The van der Waals surface area contributed by atoms with Crippen LogP contribution < -0.4 is 10.1 Å². The Labute approximate surface area is 144 Å². The van der Waals surface area contributed by atoms with Gasteiger partial charge in [-0.2, -0.15) is 0 Å². The SMILES string of the molecule is CC(=O)c1ccccc1NC(=O)[C@H](C)Oc1ccc([N+](=O)[O-])c(C)c1. The Morgan fingerprint density at radius 2 is 1.88 bits per heavy atom. The Morgan fingerprint density at radius 1 is 1.20 bits per heavy atom. The van der Waals surface area contributed by atoms with Gasteiger partial charge in [0.1, 0.15) is 5.75 Å². The summed E-state index contributed by atoms with van der Waals surface area (Å²) in [6.45, 7) is 4.58. The standard InChI is InChI=1S/C18H18N2O5/c1-11-10-14(8-9-17(11)20(23)24)25-13(3)18(22)19-16-7-5-4-6-15(16)12(2)21/h4-10,13H,1-3H3,(H,19,22)/t13-/m0/s1. The number of carbonyl (C=O) groups is 2. The fourth-order valence-electron chi connectivity index (χ4n) is 2.30. The van der Waals surface area contributed by atoms with E-state index in [1.165, 1.54) is 25.1 Å². The number of anilines is 1. The number of nitro benzene ring substituents is 1.